The summed E-state index contributed by atoms with van der Waals surface area (Å²) in [6.07, 6.45) is 10.6. The van der Waals surface area contributed by atoms with Crippen molar-refractivity contribution in [2.45, 2.75) is 86.2 Å². The van der Waals surface area contributed by atoms with Crippen molar-refractivity contribution in [2.24, 2.45) is 0 Å². The summed E-state index contributed by atoms with van der Waals surface area (Å²) in [5.74, 6) is 0. The fourth-order valence-electron chi connectivity index (χ4n) is 3.82. The highest BCUT2D eigenvalue weighted by atomic mass is 32.2. The van der Waals surface area contributed by atoms with E-state index in [1.807, 2.05) is 0 Å². The topological polar surface area (TPSA) is 115 Å². The van der Waals surface area contributed by atoms with Crippen LogP contribution in [0.5, 0.6) is 0 Å². The van der Waals surface area contributed by atoms with Crippen molar-refractivity contribution in [3.63, 3.8) is 0 Å². The van der Waals surface area contributed by atoms with Gasteiger partial charge in [0.15, 0.2) is 9.84 Å². The third-order valence-corrected chi connectivity index (χ3v) is 8.76. The number of benzene rings is 2. The van der Waals surface area contributed by atoms with Gasteiger partial charge in [0.1, 0.15) is 0 Å². The summed E-state index contributed by atoms with van der Waals surface area (Å²) in [5, 5.41) is -0.800. The second-order valence-corrected chi connectivity index (χ2v) is 11.8. The molecule has 8 heteroatoms. The van der Waals surface area contributed by atoms with Crippen molar-refractivity contribution in [1.82, 2.24) is 0 Å². The number of hydrogen-bond acceptors (Lipinski definition) is 5. The molecule has 1 atom stereocenters. The predicted octanol–water partition coefficient (Wildman–Crippen LogP) is 5.95. The molecule has 178 valence electrons. The van der Waals surface area contributed by atoms with E-state index >= 15 is 0 Å². The first-order chi connectivity index (χ1) is 15.2. The van der Waals surface area contributed by atoms with E-state index in [1.165, 1.54) is 68.5 Å². The smallest absolute Gasteiger partial charge is 0.294 e. The summed E-state index contributed by atoms with van der Waals surface area (Å²) in [6, 6.07) is 11.5. The molecule has 2 aromatic rings. The lowest BCUT2D eigenvalue weighted by molar-refractivity contribution is 0.483. The molecule has 0 aromatic heterocycles. The van der Waals surface area contributed by atoms with Crippen LogP contribution in [0.1, 0.15) is 81.9 Å². The van der Waals surface area contributed by atoms with E-state index in [0.29, 0.717) is 17.7 Å². The quantitative estimate of drug-likeness (QED) is 0.196. The molecule has 0 fully saturated rings. The Kier molecular flexibility index (Phi) is 10.2. The van der Waals surface area contributed by atoms with Gasteiger partial charge in [-0.1, -0.05) is 76.8 Å². The average Bonchev–Trinajstić information content (AvgIpc) is 2.75. The molecule has 0 heterocycles. The summed E-state index contributed by atoms with van der Waals surface area (Å²) >= 11 is 0. The van der Waals surface area contributed by atoms with Crippen LogP contribution in [0.25, 0.3) is 0 Å². The highest BCUT2D eigenvalue weighted by Crippen LogP contribution is 2.34. The Morgan fingerprint density at radius 1 is 0.719 bits per heavy atom. The van der Waals surface area contributed by atoms with Gasteiger partial charge < -0.3 is 5.73 Å². The van der Waals surface area contributed by atoms with Crippen LogP contribution in [-0.2, 0) is 20.0 Å². The van der Waals surface area contributed by atoms with Gasteiger partial charge in [0, 0.05) is 5.69 Å². The lowest BCUT2D eigenvalue weighted by Crippen LogP contribution is -2.14. The zero-order valence-corrected chi connectivity index (χ0v) is 20.4. The Morgan fingerprint density at radius 2 is 1.19 bits per heavy atom. The molecule has 2 rings (SSSR count). The first-order valence-electron chi connectivity index (χ1n) is 11.3. The third-order valence-electron chi connectivity index (χ3n) is 5.70. The van der Waals surface area contributed by atoms with Gasteiger partial charge in [0.2, 0.25) is 0 Å². The summed E-state index contributed by atoms with van der Waals surface area (Å²) in [4.78, 5) is -0.0700. The molecule has 0 saturated heterocycles. The Hall–Kier alpha value is -1.90. The molecule has 0 aliphatic rings. The number of nitrogen functional groups attached to an aromatic ring is 1. The van der Waals surface area contributed by atoms with Crippen molar-refractivity contribution in [3.8, 4) is 0 Å². The summed E-state index contributed by atoms with van der Waals surface area (Å²) in [6.45, 7) is 2.20. The van der Waals surface area contributed by atoms with Crippen molar-refractivity contribution in [3.05, 3.63) is 54.1 Å². The van der Waals surface area contributed by atoms with Gasteiger partial charge >= 0.3 is 0 Å². The highest BCUT2D eigenvalue weighted by molar-refractivity contribution is 7.91. The van der Waals surface area contributed by atoms with Gasteiger partial charge in [-0.2, -0.15) is 8.42 Å². The first kappa shape index (κ1) is 26.4. The lowest BCUT2D eigenvalue weighted by atomic mass is 10.0. The largest absolute Gasteiger partial charge is 0.399 e. The van der Waals surface area contributed by atoms with Gasteiger partial charge in [0.25, 0.3) is 10.1 Å². The van der Waals surface area contributed by atoms with Crippen LogP contribution in [0, 0.1) is 0 Å². The Labute approximate surface area is 192 Å². The Morgan fingerprint density at radius 3 is 1.69 bits per heavy atom. The first-order valence-corrected chi connectivity index (χ1v) is 14.3. The van der Waals surface area contributed by atoms with Crippen LogP contribution in [0.3, 0.4) is 0 Å². The number of anilines is 1. The van der Waals surface area contributed by atoms with Crippen molar-refractivity contribution in [1.29, 1.82) is 0 Å². The molecule has 3 N–H and O–H groups in total. The van der Waals surface area contributed by atoms with E-state index in [1.54, 1.807) is 12.1 Å². The maximum absolute atomic E-state index is 13.4. The van der Waals surface area contributed by atoms with Crippen LogP contribution < -0.4 is 5.73 Å². The minimum Gasteiger partial charge on any atom is -0.399 e. The molecule has 0 bridgehead atoms. The molecule has 0 aliphatic carbocycles. The lowest BCUT2D eigenvalue weighted by Gasteiger charge is -2.19. The van der Waals surface area contributed by atoms with Gasteiger partial charge in [-0.3, -0.25) is 4.55 Å². The number of hydrogen-bond donors (Lipinski definition) is 2. The SMILES string of the molecule is CCCCCCCCCCCC(c1ccc(S(=O)(=O)O)cc1)S(=O)(=O)c1ccc(N)cc1. The van der Waals surface area contributed by atoms with E-state index in [-0.39, 0.29) is 9.79 Å². The van der Waals surface area contributed by atoms with E-state index in [0.717, 1.165) is 25.7 Å². The fourth-order valence-corrected chi connectivity index (χ4v) is 6.13. The van der Waals surface area contributed by atoms with Gasteiger partial charge in [-0.05, 0) is 48.4 Å². The normalized spacial score (nSPS) is 13.2. The van der Waals surface area contributed by atoms with Gasteiger partial charge in [-0.25, -0.2) is 8.42 Å². The Balaban J connectivity index is 2.11. The van der Waals surface area contributed by atoms with Crippen molar-refractivity contribution >= 4 is 25.6 Å². The number of unbranched alkanes of at least 4 members (excludes halogenated alkanes) is 8. The molecular formula is C24H35NO5S2. The van der Waals surface area contributed by atoms with Crippen LogP contribution in [0.4, 0.5) is 5.69 Å². The second kappa shape index (κ2) is 12.4. The van der Waals surface area contributed by atoms with Gasteiger partial charge in [0.05, 0.1) is 15.0 Å². The van der Waals surface area contributed by atoms with Crippen molar-refractivity contribution in [2.75, 3.05) is 5.73 Å². The summed E-state index contributed by atoms with van der Waals surface area (Å²) < 4.78 is 58.7. The zero-order valence-electron chi connectivity index (χ0n) is 18.7. The maximum atomic E-state index is 13.4. The van der Waals surface area contributed by atoms with Crippen LogP contribution in [0.2, 0.25) is 0 Å². The predicted molar refractivity (Wildman–Crippen MR) is 129 cm³/mol. The molecule has 0 saturated carbocycles. The Bertz CT molecular complexity index is 1030. The van der Waals surface area contributed by atoms with E-state index < -0.39 is 25.2 Å². The van der Waals surface area contributed by atoms with Crippen LogP contribution >= 0.6 is 0 Å². The van der Waals surface area contributed by atoms with Crippen LogP contribution in [-0.4, -0.2) is 21.4 Å². The number of rotatable bonds is 14. The zero-order chi connectivity index (χ0) is 23.6. The minimum absolute atomic E-state index is 0.187. The van der Waals surface area contributed by atoms with E-state index in [4.69, 9.17) is 5.73 Å². The summed E-state index contributed by atoms with van der Waals surface area (Å²) in [7, 11) is -8.03. The molecule has 0 radical (unpaired) electrons. The average molecular weight is 482 g/mol. The second-order valence-electron chi connectivity index (χ2n) is 8.26. The molecule has 0 amide bonds. The van der Waals surface area contributed by atoms with Crippen molar-refractivity contribution < 1.29 is 21.4 Å². The summed E-state index contributed by atoms with van der Waals surface area (Å²) in [5.41, 5.74) is 6.70. The van der Waals surface area contributed by atoms with Crippen LogP contribution in [0.15, 0.2) is 58.3 Å². The molecule has 32 heavy (non-hydrogen) atoms. The molecule has 6 nitrogen and oxygen atoms in total. The number of nitrogens with two attached hydrogens (primary N) is 1. The molecule has 2 aromatic carbocycles. The molecule has 0 spiro atoms. The molecule has 0 aliphatic heterocycles. The number of sulfone groups is 1. The molecule has 1 unspecified atom stereocenters. The standard InChI is InChI=1S/C24H35NO5S2/c1-2-3-4-5-6-7-8-9-10-11-24(20-12-16-23(17-13-20)32(28,29)30)31(26,27)22-18-14-21(25)15-19-22/h12-19,24H,2-11,25H2,1H3,(H,28,29,30). The fraction of sp³-hybridized carbons (Fsp3) is 0.500. The molecular weight excluding hydrogens is 446 g/mol. The third kappa shape index (κ3) is 7.90. The highest BCUT2D eigenvalue weighted by Gasteiger charge is 2.29. The van der Waals surface area contributed by atoms with E-state index in [9.17, 15) is 21.4 Å². The monoisotopic (exact) mass is 481 g/mol. The van der Waals surface area contributed by atoms with Gasteiger partial charge in [-0.15, -0.1) is 0 Å². The maximum Gasteiger partial charge on any atom is 0.294 e. The van der Waals surface area contributed by atoms with E-state index in [2.05, 4.69) is 6.92 Å². The minimum atomic E-state index is -4.34.